The first-order valence-corrected chi connectivity index (χ1v) is 8.71. The molecule has 0 aliphatic heterocycles. The van der Waals surface area contributed by atoms with Gasteiger partial charge in [-0.1, -0.05) is 13.8 Å². The Hall–Kier alpha value is -3.22. The fourth-order valence-electron chi connectivity index (χ4n) is 2.15. The summed E-state index contributed by atoms with van der Waals surface area (Å²) in [5, 5.41) is 24.2. The van der Waals surface area contributed by atoms with E-state index in [9.17, 15) is 28.8 Å². The normalized spacial score (nSPS) is 13.7. The summed E-state index contributed by atoms with van der Waals surface area (Å²) < 4.78 is 0. The van der Waals surface area contributed by atoms with Crippen LogP contribution in [0.4, 0.5) is 0 Å². The predicted molar refractivity (Wildman–Crippen MR) is 98.0 cm³/mol. The summed E-state index contributed by atoms with van der Waals surface area (Å²) in [6.07, 6.45) is -1.07. The van der Waals surface area contributed by atoms with Crippen LogP contribution >= 0.6 is 0 Å². The van der Waals surface area contributed by atoms with Crippen molar-refractivity contribution in [3.8, 4) is 0 Å². The van der Waals surface area contributed by atoms with Crippen LogP contribution < -0.4 is 27.4 Å². The van der Waals surface area contributed by atoms with Crippen molar-refractivity contribution >= 4 is 35.6 Å². The van der Waals surface area contributed by atoms with Gasteiger partial charge in [0.05, 0.1) is 12.5 Å². The van der Waals surface area contributed by atoms with Crippen LogP contribution in [0.1, 0.15) is 33.1 Å². The Kier molecular flexibility index (Phi) is 10.9. The molecule has 0 rings (SSSR count). The highest BCUT2D eigenvalue weighted by Gasteiger charge is 2.31. The molecule has 0 saturated carbocycles. The number of hydrogen-bond donors (Lipinski definition) is 7. The molecule has 0 aromatic carbocycles. The molecule has 13 nitrogen and oxygen atoms in total. The summed E-state index contributed by atoms with van der Waals surface area (Å²) >= 11 is 0. The highest BCUT2D eigenvalue weighted by molar-refractivity contribution is 5.95. The second-order valence-corrected chi connectivity index (χ2v) is 6.61. The number of hydrogen-bond acceptors (Lipinski definition) is 7. The molecule has 0 spiro atoms. The van der Waals surface area contributed by atoms with E-state index >= 15 is 0 Å². The fourth-order valence-corrected chi connectivity index (χ4v) is 2.15. The molecule has 0 heterocycles. The number of carboxylic acids is 2. The van der Waals surface area contributed by atoms with Crippen molar-refractivity contribution in [3.63, 3.8) is 0 Å². The molecule has 3 atom stereocenters. The molecular formula is C16H27N5O8. The van der Waals surface area contributed by atoms with E-state index in [-0.39, 0.29) is 12.8 Å². The van der Waals surface area contributed by atoms with Gasteiger partial charge in [0.15, 0.2) is 0 Å². The van der Waals surface area contributed by atoms with Crippen LogP contribution in [0.15, 0.2) is 0 Å². The van der Waals surface area contributed by atoms with Gasteiger partial charge in [-0.05, 0) is 12.3 Å². The fraction of sp³-hybridized carbons (Fsp3) is 0.625. The summed E-state index contributed by atoms with van der Waals surface area (Å²) in [6, 6.07) is -3.92. The van der Waals surface area contributed by atoms with Gasteiger partial charge in [0.1, 0.15) is 18.6 Å². The van der Waals surface area contributed by atoms with Gasteiger partial charge in [-0.25, -0.2) is 0 Å². The molecular weight excluding hydrogens is 390 g/mol. The number of nitrogens with two attached hydrogens (primary N) is 2. The number of carboxylic acid groups (broad SMARTS) is 2. The highest BCUT2D eigenvalue weighted by atomic mass is 16.4. The van der Waals surface area contributed by atoms with Gasteiger partial charge < -0.3 is 37.6 Å². The number of aliphatic carboxylic acids is 2. The molecule has 13 heteroatoms. The molecule has 0 saturated heterocycles. The Morgan fingerprint density at radius 1 is 0.897 bits per heavy atom. The van der Waals surface area contributed by atoms with Crippen LogP contribution in [-0.2, 0) is 28.8 Å². The molecule has 29 heavy (non-hydrogen) atoms. The van der Waals surface area contributed by atoms with E-state index in [4.69, 9.17) is 21.7 Å². The molecule has 9 N–H and O–H groups in total. The third kappa shape index (κ3) is 10.6. The summed E-state index contributed by atoms with van der Waals surface area (Å²) in [4.78, 5) is 69.0. The highest BCUT2D eigenvalue weighted by Crippen LogP contribution is 2.05. The zero-order chi connectivity index (χ0) is 22.7. The molecule has 0 aliphatic carbocycles. The van der Waals surface area contributed by atoms with E-state index in [1.165, 1.54) is 0 Å². The lowest BCUT2D eigenvalue weighted by Gasteiger charge is -2.25. The first-order valence-electron chi connectivity index (χ1n) is 8.71. The Balaban J connectivity index is 5.18. The zero-order valence-electron chi connectivity index (χ0n) is 16.1. The first kappa shape index (κ1) is 25.8. The maximum absolute atomic E-state index is 12.5. The Morgan fingerprint density at radius 3 is 1.93 bits per heavy atom. The van der Waals surface area contributed by atoms with Crippen molar-refractivity contribution in [1.29, 1.82) is 0 Å². The molecule has 0 aromatic rings. The molecule has 3 unspecified atom stereocenters. The summed E-state index contributed by atoms with van der Waals surface area (Å²) in [7, 11) is 0. The van der Waals surface area contributed by atoms with Crippen LogP contribution in [0, 0.1) is 5.92 Å². The van der Waals surface area contributed by atoms with E-state index in [0.717, 1.165) is 0 Å². The standard InChI is InChI=1S/C16H27N5O8/c1-7(2)13(16(29)19-6-12(25)26)21-15(28)9(5-11(23)24)20-14(27)8(17)3-4-10(18)22/h7-9,13H,3-6,17H2,1-2H3,(H2,18,22)(H,19,29)(H,20,27)(H,21,28)(H,23,24)(H,25,26). The SMILES string of the molecule is CC(C)C(NC(=O)C(CC(=O)O)NC(=O)C(N)CCC(N)=O)C(=O)NCC(=O)O. The van der Waals surface area contributed by atoms with Gasteiger partial charge in [0.25, 0.3) is 0 Å². The Morgan fingerprint density at radius 2 is 1.48 bits per heavy atom. The van der Waals surface area contributed by atoms with Gasteiger partial charge in [-0.2, -0.15) is 0 Å². The largest absolute Gasteiger partial charge is 0.481 e. The summed E-state index contributed by atoms with van der Waals surface area (Å²) in [6.45, 7) is 2.49. The van der Waals surface area contributed by atoms with Gasteiger partial charge >= 0.3 is 11.9 Å². The summed E-state index contributed by atoms with van der Waals surface area (Å²) in [5.74, 6) is -6.45. The van der Waals surface area contributed by atoms with Crippen molar-refractivity contribution in [3.05, 3.63) is 0 Å². The number of rotatable bonds is 13. The number of carbonyl (C=O) groups is 6. The Bertz CT molecular complexity index is 651. The van der Waals surface area contributed by atoms with E-state index in [1.54, 1.807) is 13.8 Å². The molecule has 4 amide bonds. The van der Waals surface area contributed by atoms with Crippen molar-refractivity contribution in [2.45, 2.75) is 51.2 Å². The molecule has 0 radical (unpaired) electrons. The number of nitrogens with one attached hydrogen (secondary N) is 3. The molecule has 164 valence electrons. The minimum Gasteiger partial charge on any atom is -0.481 e. The van der Waals surface area contributed by atoms with E-state index in [0.29, 0.717) is 0 Å². The third-order valence-corrected chi connectivity index (χ3v) is 3.71. The number of carbonyl (C=O) groups excluding carboxylic acids is 4. The first-order chi connectivity index (χ1) is 13.3. The Labute approximate surface area is 166 Å². The van der Waals surface area contributed by atoms with Crippen molar-refractivity contribution in [2.24, 2.45) is 17.4 Å². The second-order valence-electron chi connectivity index (χ2n) is 6.61. The molecule has 0 aromatic heterocycles. The smallest absolute Gasteiger partial charge is 0.322 e. The molecule has 0 bridgehead atoms. The maximum Gasteiger partial charge on any atom is 0.322 e. The average Bonchev–Trinajstić information content (AvgIpc) is 2.60. The van der Waals surface area contributed by atoms with E-state index < -0.39 is 72.6 Å². The lowest BCUT2D eigenvalue weighted by Crippen LogP contribution is -2.57. The van der Waals surface area contributed by atoms with Crippen LogP contribution in [0.5, 0.6) is 0 Å². The van der Waals surface area contributed by atoms with Gasteiger partial charge in [0, 0.05) is 6.42 Å². The van der Waals surface area contributed by atoms with Gasteiger partial charge in [0.2, 0.25) is 23.6 Å². The van der Waals surface area contributed by atoms with Crippen LogP contribution in [0.3, 0.4) is 0 Å². The van der Waals surface area contributed by atoms with Crippen molar-refractivity contribution in [1.82, 2.24) is 16.0 Å². The van der Waals surface area contributed by atoms with E-state index in [1.807, 2.05) is 0 Å². The summed E-state index contributed by atoms with van der Waals surface area (Å²) in [5.41, 5.74) is 10.6. The quantitative estimate of drug-likeness (QED) is 0.160. The number of primary amides is 1. The van der Waals surface area contributed by atoms with Crippen LogP contribution in [0.2, 0.25) is 0 Å². The van der Waals surface area contributed by atoms with Crippen molar-refractivity contribution < 1.29 is 39.0 Å². The van der Waals surface area contributed by atoms with Gasteiger partial charge in [-0.3, -0.25) is 28.8 Å². The van der Waals surface area contributed by atoms with Crippen LogP contribution in [-0.4, -0.2) is 70.5 Å². The van der Waals surface area contributed by atoms with E-state index in [2.05, 4.69) is 16.0 Å². The monoisotopic (exact) mass is 417 g/mol. The number of amides is 4. The molecule has 0 aliphatic rings. The van der Waals surface area contributed by atoms with Crippen molar-refractivity contribution in [2.75, 3.05) is 6.54 Å². The molecule has 0 fully saturated rings. The third-order valence-electron chi connectivity index (χ3n) is 3.71. The minimum absolute atomic E-state index is 0.102. The zero-order valence-corrected chi connectivity index (χ0v) is 16.1. The maximum atomic E-state index is 12.5. The minimum atomic E-state index is -1.55. The van der Waals surface area contributed by atoms with Gasteiger partial charge in [-0.15, -0.1) is 0 Å². The van der Waals surface area contributed by atoms with Crippen LogP contribution in [0.25, 0.3) is 0 Å². The second kappa shape index (κ2) is 12.3. The topological polar surface area (TPSA) is 231 Å². The lowest BCUT2D eigenvalue weighted by molar-refractivity contribution is -0.142. The lowest BCUT2D eigenvalue weighted by atomic mass is 10.0. The average molecular weight is 417 g/mol. The predicted octanol–water partition coefficient (Wildman–Crippen LogP) is -3.12.